The van der Waals surface area contributed by atoms with Crippen molar-refractivity contribution in [1.29, 1.82) is 0 Å². The third kappa shape index (κ3) is 7.59. The number of hydrogen-bond acceptors (Lipinski definition) is 4. The van der Waals surface area contributed by atoms with Gasteiger partial charge in [0.2, 0.25) is 0 Å². The second-order valence-electron chi connectivity index (χ2n) is 7.23. The van der Waals surface area contributed by atoms with Gasteiger partial charge in [-0.1, -0.05) is 70.4 Å². The molecule has 1 aromatic rings. The topological polar surface area (TPSA) is 115 Å². The number of hydrogen-bond donors (Lipinski definition) is 4. The summed E-state index contributed by atoms with van der Waals surface area (Å²) in [6.45, 7) is 2.16. The number of carboxylic acids is 2. The lowest BCUT2D eigenvalue weighted by Crippen LogP contribution is -2.51. The van der Waals surface area contributed by atoms with E-state index in [1.165, 1.54) is 43.5 Å². The van der Waals surface area contributed by atoms with E-state index >= 15 is 0 Å². The molecule has 0 bridgehead atoms. The molecule has 4 N–H and O–H groups in total. The molecular weight excluding hydrogens is 348 g/mol. The number of rotatable bonds is 14. The third-order valence-corrected chi connectivity index (χ3v) is 5.00. The van der Waals surface area contributed by atoms with Crippen LogP contribution in [0.3, 0.4) is 0 Å². The van der Waals surface area contributed by atoms with Crippen molar-refractivity contribution in [1.82, 2.24) is 0 Å². The summed E-state index contributed by atoms with van der Waals surface area (Å²) in [5, 5.41) is 39.1. The van der Waals surface area contributed by atoms with E-state index in [-0.39, 0.29) is 18.6 Å². The highest BCUT2D eigenvalue weighted by atomic mass is 16.4. The molecular formula is C21H32O6. The van der Waals surface area contributed by atoms with Crippen molar-refractivity contribution >= 4 is 11.9 Å². The van der Waals surface area contributed by atoms with Crippen LogP contribution in [-0.4, -0.2) is 38.0 Å². The minimum absolute atomic E-state index is 0.0198. The average molecular weight is 380 g/mol. The number of carbonyl (C=O) groups is 2. The van der Waals surface area contributed by atoms with Crippen molar-refractivity contribution in [3.05, 3.63) is 29.8 Å². The molecule has 0 radical (unpaired) electrons. The second kappa shape index (κ2) is 11.6. The summed E-state index contributed by atoms with van der Waals surface area (Å²) in [5.41, 5.74) is -1.93. The van der Waals surface area contributed by atoms with Gasteiger partial charge in [0.05, 0.1) is 5.92 Å². The highest BCUT2D eigenvalue weighted by molar-refractivity contribution is 5.86. The number of unbranched alkanes of at least 4 members (excludes halogenated alkanes) is 7. The van der Waals surface area contributed by atoms with Crippen LogP contribution >= 0.6 is 0 Å². The average Bonchev–Trinajstić information content (AvgIpc) is 2.61. The molecule has 0 amide bonds. The first kappa shape index (κ1) is 23.0. The van der Waals surface area contributed by atoms with Crippen LogP contribution in [-0.2, 0) is 16.0 Å². The van der Waals surface area contributed by atoms with Crippen molar-refractivity contribution in [2.24, 2.45) is 5.92 Å². The molecule has 0 fully saturated rings. The van der Waals surface area contributed by atoms with Gasteiger partial charge in [-0.05, 0) is 24.1 Å². The zero-order chi connectivity index (χ0) is 20.3. The summed E-state index contributed by atoms with van der Waals surface area (Å²) in [5.74, 6) is -4.21. The Morgan fingerprint density at radius 3 is 1.93 bits per heavy atom. The van der Waals surface area contributed by atoms with E-state index in [2.05, 4.69) is 6.92 Å². The Hall–Kier alpha value is -2.08. The minimum Gasteiger partial charge on any atom is -0.508 e. The number of aromatic hydroxyl groups is 1. The minimum atomic E-state index is -2.38. The van der Waals surface area contributed by atoms with E-state index in [0.717, 1.165) is 25.7 Å². The lowest BCUT2D eigenvalue weighted by atomic mass is 9.79. The van der Waals surface area contributed by atoms with Crippen LogP contribution in [0.25, 0.3) is 0 Å². The Morgan fingerprint density at radius 2 is 1.44 bits per heavy atom. The highest BCUT2D eigenvalue weighted by Gasteiger charge is 2.47. The summed E-state index contributed by atoms with van der Waals surface area (Å²) >= 11 is 0. The zero-order valence-corrected chi connectivity index (χ0v) is 16.1. The van der Waals surface area contributed by atoms with Crippen LogP contribution in [0.1, 0.15) is 70.3 Å². The molecule has 152 valence electrons. The SMILES string of the molecule is CCCCCCCCCC[C@H](C(=O)O)[C@@](O)(Cc1ccc(O)cc1)C(=O)O. The largest absolute Gasteiger partial charge is 0.508 e. The molecule has 0 aromatic heterocycles. The molecule has 0 aliphatic carbocycles. The van der Waals surface area contributed by atoms with E-state index in [4.69, 9.17) is 0 Å². The fourth-order valence-corrected chi connectivity index (χ4v) is 3.32. The highest BCUT2D eigenvalue weighted by Crippen LogP contribution is 2.29. The van der Waals surface area contributed by atoms with E-state index < -0.39 is 23.5 Å². The summed E-state index contributed by atoms with van der Waals surface area (Å²) in [6, 6.07) is 5.73. The maximum Gasteiger partial charge on any atom is 0.336 e. The van der Waals surface area contributed by atoms with Crippen LogP contribution in [0.5, 0.6) is 5.75 Å². The fourth-order valence-electron chi connectivity index (χ4n) is 3.32. The van der Waals surface area contributed by atoms with Crippen LogP contribution in [0.2, 0.25) is 0 Å². The monoisotopic (exact) mass is 380 g/mol. The third-order valence-electron chi connectivity index (χ3n) is 5.00. The smallest absolute Gasteiger partial charge is 0.336 e. The maximum absolute atomic E-state index is 11.7. The van der Waals surface area contributed by atoms with Gasteiger partial charge in [-0.3, -0.25) is 4.79 Å². The zero-order valence-electron chi connectivity index (χ0n) is 16.1. The lowest BCUT2D eigenvalue weighted by molar-refractivity contribution is -0.174. The lowest BCUT2D eigenvalue weighted by Gasteiger charge is -2.30. The quantitative estimate of drug-likeness (QED) is 0.363. The molecule has 2 atom stereocenters. The van der Waals surface area contributed by atoms with Crippen molar-refractivity contribution < 1.29 is 30.0 Å². The molecule has 0 saturated carbocycles. The van der Waals surface area contributed by atoms with Crippen molar-refractivity contribution in [2.45, 2.75) is 76.7 Å². The molecule has 6 heteroatoms. The second-order valence-corrected chi connectivity index (χ2v) is 7.23. The summed E-state index contributed by atoms with van der Waals surface area (Å²) in [6.07, 6.45) is 8.05. The fraction of sp³-hybridized carbons (Fsp3) is 0.619. The van der Waals surface area contributed by atoms with Gasteiger partial charge in [0, 0.05) is 6.42 Å². The van der Waals surface area contributed by atoms with Crippen LogP contribution in [0.15, 0.2) is 24.3 Å². The number of phenolic OH excluding ortho intramolecular Hbond substituents is 1. The first-order valence-electron chi connectivity index (χ1n) is 9.77. The number of benzene rings is 1. The molecule has 1 rings (SSSR count). The maximum atomic E-state index is 11.7. The van der Waals surface area contributed by atoms with Crippen LogP contribution < -0.4 is 0 Å². The number of phenols is 1. The normalized spacial score (nSPS) is 14.4. The summed E-state index contributed by atoms with van der Waals surface area (Å²) in [7, 11) is 0. The standard InChI is InChI=1S/C21H32O6/c1-2-3-4-5-6-7-8-9-10-18(19(23)24)21(27,20(25)26)15-16-11-13-17(22)14-12-16/h11-14,18,22,27H,2-10,15H2,1H3,(H,23,24)(H,25,26)/t18-,21+/m1/s1. The van der Waals surface area contributed by atoms with Gasteiger partial charge in [0.15, 0.2) is 5.60 Å². The van der Waals surface area contributed by atoms with E-state index in [1.54, 1.807) is 0 Å². The van der Waals surface area contributed by atoms with Gasteiger partial charge in [0.1, 0.15) is 5.75 Å². The Morgan fingerprint density at radius 1 is 0.926 bits per heavy atom. The number of aliphatic carboxylic acids is 2. The van der Waals surface area contributed by atoms with Gasteiger partial charge in [0.25, 0.3) is 0 Å². The van der Waals surface area contributed by atoms with Crippen LogP contribution in [0.4, 0.5) is 0 Å². The first-order valence-corrected chi connectivity index (χ1v) is 9.77. The first-order chi connectivity index (χ1) is 12.8. The van der Waals surface area contributed by atoms with Crippen molar-refractivity contribution in [2.75, 3.05) is 0 Å². The molecule has 0 aliphatic heterocycles. The van der Waals surface area contributed by atoms with Gasteiger partial charge in [-0.15, -0.1) is 0 Å². The Bertz CT molecular complexity index is 583. The van der Waals surface area contributed by atoms with Gasteiger partial charge in [-0.25, -0.2) is 4.79 Å². The van der Waals surface area contributed by atoms with Crippen molar-refractivity contribution in [3.63, 3.8) is 0 Å². The molecule has 0 spiro atoms. The molecule has 0 heterocycles. The Labute approximate surface area is 160 Å². The van der Waals surface area contributed by atoms with Gasteiger partial charge in [-0.2, -0.15) is 0 Å². The van der Waals surface area contributed by atoms with Crippen LogP contribution in [0, 0.1) is 5.92 Å². The van der Waals surface area contributed by atoms with Gasteiger partial charge >= 0.3 is 11.9 Å². The molecule has 0 aliphatic rings. The van der Waals surface area contributed by atoms with Crippen molar-refractivity contribution in [3.8, 4) is 5.75 Å². The summed E-state index contributed by atoms with van der Waals surface area (Å²) < 4.78 is 0. The Balaban J connectivity index is 2.65. The molecule has 6 nitrogen and oxygen atoms in total. The number of carboxylic acid groups (broad SMARTS) is 2. The van der Waals surface area contributed by atoms with E-state index in [0.29, 0.717) is 12.0 Å². The predicted molar refractivity (Wildman–Crippen MR) is 103 cm³/mol. The van der Waals surface area contributed by atoms with Gasteiger partial charge < -0.3 is 20.4 Å². The molecule has 0 saturated heterocycles. The predicted octanol–water partition coefficient (Wildman–Crippen LogP) is 3.98. The Kier molecular flexibility index (Phi) is 9.86. The summed E-state index contributed by atoms with van der Waals surface area (Å²) in [4.78, 5) is 23.4. The molecule has 1 aromatic carbocycles. The van der Waals surface area contributed by atoms with E-state index in [9.17, 15) is 30.0 Å². The van der Waals surface area contributed by atoms with E-state index in [1.807, 2.05) is 0 Å². The molecule has 0 unspecified atom stereocenters. The molecule has 27 heavy (non-hydrogen) atoms. The number of aliphatic hydroxyl groups is 1.